The third-order valence-corrected chi connectivity index (χ3v) is 4.11. The average Bonchev–Trinajstić information content (AvgIpc) is 2.68. The van der Waals surface area contributed by atoms with Crippen molar-refractivity contribution >= 4 is 6.08 Å². The van der Waals surface area contributed by atoms with Gasteiger partial charge in [-0.2, -0.15) is 0 Å². The van der Waals surface area contributed by atoms with E-state index in [2.05, 4.69) is 81.1 Å². The first-order valence-electron chi connectivity index (χ1n) is 5.90. The summed E-state index contributed by atoms with van der Waals surface area (Å²) in [6, 6.07) is 19.5. The second-order valence-electron chi connectivity index (χ2n) is 4.47. The molecule has 3 heteroatoms. The van der Waals surface area contributed by atoms with Crippen molar-refractivity contribution in [3.8, 4) is 0 Å². The van der Waals surface area contributed by atoms with E-state index < -0.39 is 0 Å². The van der Waals surface area contributed by atoms with Crippen LogP contribution in [0.1, 0.15) is 22.6 Å². The van der Waals surface area contributed by atoms with Crippen LogP contribution in [-0.4, -0.2) is 0 Å². The Balaban J connectivity index is 0.000000902. The van der Waals surface area contributed by atoms with Crippen LogP contribution in [-0.2, 0) is 26.9 Å². The normalized spacial score (nSPS) is 15.9. The summed E-state index contributed by atoms with van der Waals surface area (Å²) in [5.74, 6) is 0.564. The molecule has 1 atom stereocenters. The summed E-state index contributed by atoms with van der Waals surface area (Å²) in [7, 11) is 0. The Bertz CT molecular complexity index is 564. The molecule has 0 aromatic heterocycles. The molecule has 3 rings (SSSR count). The number of hydrogen-bond acceptors (Lipinski definition) is 0. The van der Waals surface area contributed by atoms with E-state index in [0.717, 1.165) is 6.42 Å². The van der Waals surface area contributed by atoms with Gasteiger partial charge >= 0.3 is 114 Å². The van der Waals surface area contributed by atoms with Gasteiger partial charge in [0.25, 0.3) is 0 Å². The van der Waals surface area contributed by atoms with Crippen molar-refractivity contribution in [1.29, 1.82) is 0 Å². The van der Waals surface area contributed by atoms with Crippen LogP contribution in [0.4, 0.5) is 0 Å². The van der Waals surface area contributed by atoms with Crippen LogP contribution in [0.3, 0.4) is 0 Å². The number of hydrogen-bond donors (Lipinski definition) is 0. The van der Waals surface area contributed by atoms with E-state index >= 15 is 0 Å². The van der Waals surface area contributed by atoms with Gasteiger partial charge in [-0.3, -0.25) is 0 Å². The van der Waals surface area contributed by atoms with Gasteiger partial charge in [-0.25, -0.2) is 0 Å². The summed E-state index contributed by atoms with van der Waals surface area (Å²) >= 11 is 2.24. The molecule has 95 valence electrons. The Morgan fingerprint density at radius 2 is 1.47 bits per heavy atom. The van der Waals surface area contributed by atoms with Gasteiger partial charge in [0.15, 0.2) is 0 Å². The quantitative estimate of drug-likeness (QED) is 0.324. The van der Waals surface area contributed by atoms with Gasteiger partial charge < -0.3 is 48.0 Å². The Morgan fingerprint density at radius 1 is 0.842 bits per heavy atom. The van der Waals surface area contributed by atoms with Gasteiger partial charge in [-0.15, -0.1) is 0 Å². The zero-order valence-electron chi connectivity index (χ0n) is 10.3. The molecule has 0 spiro atoms. The van der Waals surface area contributed by atoms with Gasteiger partial charge in [0.05, 0.1) is 0 Å². The van der Waals surface area contributed by atoms with E-state index in [4.69, 9.17) is 0 Å². The fourth-order valence-corrected chi connectivity index (χ4v) is 3.11. The molecule has 2 aromatic rings. The molecule has 1 aliphatic rings. The molecule has 0 nitrogen and oxygen atoms in total. The van der Waals surface area contributed by atoms with Gasteiger partial charge in [-0.05, 0) is 0 Å². The Kier molecular flexibility index (Phi) is 7.29. The van der Waals surface area contributed by atoms with Crippen LogP contribution >= 0.6 is 0 Å². The molecule has 0 fully saturated rings. The summed E-state index contributed by atoms with van der Waals surface area (Å²) in [6.07, 6.45) is 3.43. The molecule has 0 amide bonds. The molecule has 0 saturated heterocycles. The zero-order valence-corrected chi connectivity index (χ0v) is 16.2. The molecule has 19 heavy (non-hydrogen) atoms. The second-order valence-corrected chi connectivity index (χ2v) is 5.37. The Hall–Kier alpha value is 0.354. The number of rotatable bonds is 2. The van der Waals surface area contributed by atoms with E-state index in [1.165, 1.54) is 20.6 Å². The Labute approximate surface area is 160 Å². The van der Waals surface area contributed by atoms with Crippen molar-refractivity contribution in [2.24, 2.45) is 0 Å². The van der Waals surface area contributed by atoms with Crippen molar-refractivity contribution in [1.82, 2.24) is 0 Å². The third kappa shape index (κ3) is 3.93. The van der Waals surface area contributed by atoms with E-state index in [1.54, 1.807) is 0 Å². The molecule has 2 aromatic carbocycles. The topological polar surface area (TPSA) is 0 Å². The summed E-state index contributed by atoms with van der Waals surface area (Å²) in [4.78, 5) is 0. The molecule has 0 heterocycles. The average molecular weight is 507 g/mol. The molecular weight excluding hydrogens is 494 g/mol. The molecular formula is C16H13I2Ti. The summed E-state index contributed by atoms with van der Waals surface area (Å²) in [6.45, 7) is 0. The monoisotopic (exact) mass is 507 g/mol. The first-order valence-corrected chi connectivity index (χ1v) is 6.69. The fourth-order valence-electron chi connectivity index (χ4n) is 2.47. The molecule has 0 N–H and O–H groups in total. The van der Waals surface area contributed by atoms with Crippen LogP contribution in [0, 0.1) is 0 Å². The van der Waals surface area contributed by atoms with Crippen molar-refractivity contribution in [2.45, 2.75) is 12.3 Å². The fraction of sp³-hybridized carbons (Fsp3) is 0.125. The van der Waals surface area contributed by atoms with Gasteiger partial charge in [0.1, 0.15) is 0 Å². The minimum absolute atomic E-state index is 0. The van der Waals surface area contributed by atoms with E-state index in [1.807, 2.05) is 0 Å². The van der Waals surface area contributed by atoms with Crippen molar-refractivity contribution in [2.75, 3.05) is 0 Å². The van der Waals surface area contributed by atoms with Crippen LogP contribution in [0.15, 0.2) is 58.5 Å². The second kappa shape index (κ2) is 7.96. The molecule has 1 unspecified atom stereocenters. The van der Waals surface area contributed by atoms with E-state index in [9.17, 15) is 0 Å². The van der Waals surface area contributed by atoms with Crippen LogP contribution in [0.25, 0.3) is 6.08 Å². The van der Waals surface area contributed by atoms with E-state index in [0.29, 0.717) is 5.92 Å². The first kappa shape index (κ1) is 17.4. The minimum atomic E-state index is 0. The molecule has 0 saturated carbocycles. The molecule has 1 aliphatic carbocycles. The first-order chi connectivity index (χ1) is 8.34. The van der Waals surface area contributed by atoms with Gasteiger partial charge in [0, 0.05) is 0 Å². The van der Waals surface area contributed by atoms with Crippen LogP contribution in [0.5, 0.6) is 0 Å². The molecule has 0 aliphatic heterocycles. The molecule has 0 bridgehead atoms. The van der Waals surface area contributed by atoms with Gasteiger partial charge in [0.2, 0.25) is 0 Å². The maximum atomic E-state index is 2.32. The number of allylic oxidation sites excluding steroid dienone is 1. The molecule has 0 radical (unpaired) electrons. The zero-order chi connectivity index (χ0) is 11.7. The van der Waals surface area contributed by atoms with Crippen molar-refractivity contribution < 1.29 is 68.4 Å². The number of fused-ring (bicyclic) bond motifs is 1. The maximum absolute atomic E-state index is 2.32. The number of halogens is 2. The number of benzene rings is 2. The summed E-state index contributed by atoms with van der Waals surface area (Å²) in [5.41, 5.74) is 4.29. The third-order valence-electron chi connectivity index (χ3n) is 3.34. The summed E-state index contributed by atoms with van der Waals surface area (Å²) in [5, 5.41) is 0. The van der Waals surface area contributed by atoms with Gasteiger partial charge in [-0.1, -0.05) is 0 Å². The standard InChI is InChI=1S/C16H13.2HI.Ti/c1-2-6-13(7-3-1)12-15-11-10-14-8-4-5-9-16(14)15;;;/h1-10,15H,12H2;2*1H;/q;;;+2/p-2. The Morgan fingerprint density at radius 3 is 2.21 bits per heavy atom. The van der Waals surface area contributed by atoms with Crippen molar-refractivity contribution in [3.05, 3.63) is 75.2 Å². The SMILES string of the molecule is [I-].[I-].[Ti+2][C]1=Cc2ccccc2C1Cc1ccccc1. The predicted molar refractivity (Wildman–Crippen MR) is 67.3 cm³/mol. The van der Waals surface area contributed by atoms with Crippen LogP contribution < -0.4 is 48.0 Å². The van der Waals surface area contributed by atoms with Crippen LogP contribution in [0.2, 0.25) is 0 Å². The predicted octanol–water partition coefficient (Wildman–Crippen LogP) is -2.08. The van der Waals surface area contributed by atoms with E-state index in [-0.39, 0.29) is 48.0 Å². The summed E-state index contributed by atoms with van der Waals surface area (Å²) < 4.78 is 1.48. The van der Waals surface area contributed by atoms with Crippen molar-refractivity contribution in [3.63, 3.8) is 0 Å².